The third kappa shape index (κ3) is 3.14. The molecule has 1 atom stereocenters. The molecule has 1 aromatic heterocycles. The van der Waals surface area contributed by atoms with E-state index in [2.05, 4.69) is 20.9 Å². The molecule has 0 fully saturated rings. The Labute approximate surface area is 155 Å². The molecule has 3 aromatic rings. The lowest BCUT2D eigenvalue weighted by atomic mass is 9.92. The minimum atomic E-state index is -4.36. The van der Waals surface area contributed by atoms with Crippen LogP contribution in [0.4, 0.5) is 17.6 Å². The molecule has 2 heterocycles. The first-order valence-corrected chi connectivity index (χ1v) is 8.98. The molecule has 2 nitrogen and oxygen atoms in total. The Hall–Kier alpha value is -1.86. The second-order valence-corrected chi connectivity index (χ2v) is 7.38. The van der Waals surface area contributed by atoms with E-state index in [9.17, 15) is 17.6 Å². The van der Waals surface area contributed by atoms with Gasteiger partial charge in [-0.15, -0.1) is 0 Å². The number of aromatic amines is 1. The van der Waals surface area contributed by atoms with Crippen LogP contribution in [0.5, 0.6) is 0 Å². The van der Waals surface area contributed by atoms with Gasteiger partial charge in [-0.3, -0.25) is 4.90 Å². The summed E-state index contributed by atoms with van der Waals surface area (Å²) in [7, 11) is 0. The number of nitrogens with zero attached hydrogens (tertiary/aromatic N) is 1. The average molecular weight is 427 g/mol. The third-order valence-electron chi connectivity index (χ3n) is 4.77. The molecule has 0 amide bonds. The molecule has 2 aromatic carbocycles. The van der Waals surface area contributed by atoms with Crippen LogP contribution in [-0.2, 0) is 6.42 Å². The Bertz CT molecular complexity index is 964. The maximum atomic E-state index is 14.6. The number of para-hydroxylation sites is 1. The van der Waals surface area contributed by atoms with Crippen LogP contribution in [0, 0.1) is 5.82 Å². The minimum Gasteiger partial charge on any atom is -0.357 e. The van der Waals surface area contributed by atoms with Gasteiger partial charge in [-0.2, -0.15) is 13.2 Å². The van der Waals surface area contributed by atoms with Crippen molar-refractivity contribution in [3.63, 3.8) is 0 Å². The number of hydrogen-bond donors (Lipinski definition) is 1. The summed E-state index contributed by atoms with van der Waals surface area (Å²) in [6, 6.07) is 11.2. The van der Waals surface area contributed by atoms with E-state index < -0.39 is 24.6 Å². The Kier molecular flexibility index (Phi) is 4.31. The number of alkyl halides is 3. The molecule has 0 saturated heterocycles. The second kappa shape index (κ2) is 6.39. The highest BCUT2D eigenvalue weighted by molar-refractivity contribution is 9.10. The van der Waals surface area contributed by atoms with Crippen LogP contribution < -0.4 is 0 Å². The SMILES string of the molecule is Fc1ccc(Br)cc1C1c2[nH]c3ccccc3c2CCN1CC(F)(F)F. The van der Waals surface area contributed by atoms with Crippen LogP contribution in [0.25, 0.3) is 10.9 Å². The highest BCUT2D eigenvalue weighted by Gasteiger charge is 2.39. The van der Waals surface area contributed by atoms with Crippen molar-refractivity contribution in [2.24, 2.45) is 0 Å². The van der Waals surface area contributed by atoms with Gasteiger partial charge in [0.2, 0.25) is 0 Å². The van der Waals surface area contributed by atoms with E-state index in [1.807, 2.05) is 24.3 Å². The second-order valence-electron chi connectivity index (χ2n) is 6.47. The Morgan fingerprint density at radius 2 is 1.92 bits per heavy atom. The molecule has 0 saturated carbocycles. The van der Waals surface area contributed by atoms with Gasteiger partial charge in [0.25, 0.3) is 0 Å². The Morgan fingerprint density at radius 3 is 2.69 bits per heavy atom. The number of rotatable bonds is 2. The van der Waals surface area contributed by atoms with Crippen LogP contribution in [-0.4, -0.2) is 29.1 Å². The summed E-state index contributed by atoms with van der Waals surface area (Å²) in [5.41, 5.74) is 2.69. The summed E-state index contributed by atoms with van der Waals surface area (Å²) >= 11 is 3.30. The third-order valence-corrected chi connectivity index (χ3v) is 5.26. The molecule has 1 aliphatic rings. The molecule has 0 spiro atoms. The van der Waals surface area contributed by atoms with E-state index in [0.29, 0.717) is 16.6 Å². The first-order valence-electron chi connectivity index (χ1n) is 8.19. The van der Waals surface area contributed by atoms with E-state index in [-0.39, 0.29) is 12.1 Å². The van der Waals surface area contributed by atoms with Gasteiger partial charge in [0.1, 0.15) is 5.82 Å². The maximum Gasteiger partial charge on any atom is 0.401 e. The Balaban J connectivity index is 1.91. The Morgan fingerprint density at radius 1 is 1.15 bits per heavy atom. The molecule has 4 rings (SSSR count). The number of nitrogens with one attached hydrogen (secondary N) is 1. The van der Waals surface area contributed by atoms with Crippen molar-refractivity contribution < 1.29 is 17.6 Å². The molecule has 1 N–H and O–H groups in total. The van der Waals surface area contributed by atoms with Gasteiger partial charge < -0.3 is 4.98 Å². The lowest BCUT2D eigenvalue weighted by Crippen LogP contribution is -2.42. The number of H-pyrrole nitrogens is 1. The average Bonchev–Trinajstić information content (AvgIpc) is 2.94. The summed E-state index contributed by atoms with van der Waals surface area (Å²) < 4.78 is 54.6. The molecule has 1 unspecified atom stereocenters. The zero-order valence-electron chi connectivity index (χ0n) is 13.6. The fraction of sp³-hybridized carbons (Fsp3) is 0.263. The van der Waals surface area contributed by atoms with E-state index in [1.54, 1.807) is 12.1 Å². The molecule has 1 aliphatic heterocycles. The fourth-order valence-electron chi connectivity index (χ4n) is 3.77. The molecular weight excluding hydrogens is 412 g/mol. The number of halogens is 5. The van der Waals surface area contributed by atoms with Crippen LogP contribution in [0.3, 0.4) is 0 Å². The summed E-state index contributed by atoms with van der Waals surface area (Å²) in [6.07, 6.45) is -3.87. The van der Waals surface area contributed by atoms with Crippen molar-refractivity contribution in [3.8, 4) is 0 Å². The van der Waals surface area contributed by atoms with Gasteiger partial charge in [0, 0.05) is 33.2 Å². The van der Waals surface area contributed by atoms with Gasteiger partial charge in [-0.1, -0.05) is 34.1 Å². The number of aromatic nitrogens is 1. The van der Waals surface area contributed by atoms with Gasteiger partial charge in [0.15, 0.2) is 0 Å². The van der Waals surface area contributed by atoms with Crippen molar-refractivity contribution in [2.45, 2.75) is 18.6 Å². The molecule has 0 radical (unpaired) electrons. The monoisotopic (exact) mass is 426 g/mol. The lowest BCUT2D eigenvalue weighted by molar-refractivity contribution is -0.150. The van der Waals surface area contributed by atoms with E-state index in [1.165, 1.54) is 11.0 Å². The van der Waals surface area contributed by atoms with Crippen molar-refractivity contribution in [3.05, 3.63) is 69.6 Å². The predicted octanol–water partition coefficient (Wildman–Crippen LogP) is 5.58. The van der Waals surface area contributed by atoms with Crippen LogP contribution in [0.1, 0.15) is 22.9 Å². The van der Waals surface area contributed by atoms with Crippen molar-refractivity contribution in [2.75, 3.05) is 13.1 Å². The molecule has 0 aliphatic carbocycles. The number of benzene rings is 2. The van der Waals surface area contributed by atoms with E-state index >= 15 is 0 Å². The molecular formula is C19H15BrF4N2. The smallest absolute Gasteiger partial charge is 0.357 e. The maximum absolute atomic E-state index is 14.6. The minimum absolute atomic E-state index is 0.213. The quantitative estimate of drug-likeness (QED) is 0.530. The summed E-state index contributed by atoms with van der Waals surface area (Å²) in [5, 5.41) is 0.981. The largest absolute Gasteiger partial charge is 0.401 e. The highest BCUT2D eigenvalue weighted by atomic mass is 79.9. The van der Waals surface area contributed by atoms with Crippen LogP contribution in [0.15, 0.2) is 46.9 Å². The fourth-order valence-corrected chi connectivity index (χ4v) is 4.15. The van der Waals surface area contributed by atoms with Gasteiger partial charge >= 0.3 is 6.18 Å². The lowest BCUT2D eigenvalue weighted by Gasteiger charge is -2.36. The van der Waals surface area contributed by atoms with Crippen molar-refractivity contribution >= 4 is 26.8 Å². The highest BCUT2D eigenvalue weighted by Crippen LogP contribution is 2.41. The van der Waals surface area contributed by atoms with E-state index in [4.69, 9.17) is 0 Å². The number of fused-ring (bicyclic) bond motifs is 3. The molecule has 7 heteroatoms. The van der Waals surface area contributed by atoms with Gasteiger partial charge in [-0.25, -0.2) is 4.39 Å². The first kappa shape index (κ1) is 17.5. The van der Waals surface area contributed by atoms with Crippen molar-refractivity contribution in [1.29, 1.82) is 0 Å². The summed E-state index contributed by atoms with van der Waals surface area (Å²) in [5.74, 6) is -0.517. The van der Waals surface area contributed by atoms with Gasteiger partial charge in [-0.05, 0) is 36.2 Å². The first-order chi connectivity index (χ1) is 12.3. The summed E-state index contributed by atoms with van der Waals surface area (Å²) in [6.45, 7) is -0.872. The van der Waals surface area contributed by atoms with Crippen molar-refractivity contribution in [1.82, 2.24) is 9.88 Å². The zero-order valence-corrected chi connectivity index (χ0v) is 15.2. The summed E-state index contributed by atoms with van der Waals surface area (Å²) in [4.78, 5) is 4.53. The van der Waals surface area contributed by atoms with Gasteiger partial charge in [0.05, 0.1) is 12.6 Å². The van der Waals surface area contributed by atoms with Crippen LogP contribution >= 0.6 is 15.9 Å². The number of hydrogen-bond acceptors (Lipinski definition) is 1. The zero-order chi connectivity index (χ0) is 18.5. The topological polar surface area (TPSA) is 19.0 Å². The molecule has 26 heavy (non-hydrogen) atoms. The standard InChI is InChI=1S/C19H15BrF4N2/c20-11-5-6-15(21)14(9-11)18-17-13(7-8-26(18)10-19(22,23)24)12-3-1-2-4-16(12)25-17/h1-6,9,18,25H,7-8,10H2. The van der Waals surface area contributed by atoms with Crippen LogP contribution in [0.2, 0.25) is 0 Å². The normalized spacial score (nSPS) is 18.3. The molecule has 136 valence electrons. The predicted molar refractivity (Wildman–Crippen MR) is 95.6 cm³/mol. The van der Waals surface area contributed by atoms with E-state index in [0.717, 1.165) is 16.5 Å². The molecule has 0 bridgehead atoms.